The van der Waals surface area contributed by atoms with Crippen molar-refractivity contribution in [2.75, 3.05) is 12.9 Å². The van der Waals surface area contributed by atoms with Gasteiger partial charge in [0.05, 0.1) is 12.7 Å². The van der Waals surface area contributed by atoms with Gasteiger partial charge in [-0.15, -0.1) is 0 Å². The van der Waals surface area contributed by atoms with Crippen LogP contribution in [0.5, 0.6) is 0 Å². The van der Waals surface area contributed by atoms with E-state index in [0.29, 0.717) is 13.0 Å². The Morgan fingerprint density at radius 2 is 2.11 bits per heavy atom. The number of carbonyl (C=O) groups is 1. The van der Waals surface area contributed by atoms with Gasteiger partial charge < -0.3 is 9.84 Å². The molecule has 5 nitrogen and oxygen atoms in total. The number of carbonyl (C=O) groups excluding carboxylic acids is 1. The molecule has 104 valence electrons. The maximum absolute atomic E-state index is 12.4. The molecule has 0 saturated carbocycles. The van der Waals surface area contributed by atoms with Gasteiger partial charge in [-0.3, -0.25) is 13.9 Å². The summed E-state index contributed by atoms with van der Waals surface area (Å²) in [5, 5.41) is 2.36. The van der Waals surface area contributed by atoms with Gasteiger partial charge in [0.1, 0.15) is 6.29 Å². The summed E-state index contributed by atoms with van der Waals surface area (Å²) >= 11 is 0. The van der Waals surface area contributed by atoms with Crippen LogP contribution in [0.15, 0.2) is 30.3 Å². The van der Waals surface area contributed by atoms with Crippen molar-refractivity contribution in [3.05, 3.63) is 35.9 Å². The van der Waals surface area contributed by atoms with Crippen molar-refractivity contribution in [1.29, 1.82) is 0 Å². The first kappa shape index (κ1) is 14.3. The van der Waals surface area contributed by atoms with Crippen LogP contribution in [0.1, 0.15) is 25.5 Å². The van der Waals surface area contributed by atoms with Crippen molar-refractivity contribution >= 4 is 14.0 Å². The van der Waals surface area contributed by atoms with Gasteiger partial charge in [-0.05, 0) is 5.56 Å². The molecule has 19 heavy (non-hydrogen) atoms. The van der Waals surface area contributed by atoms with Crippen LogP contribution in [0.2, 0.25) is 0 Å². The van der Waals surface area contributed by atoms with Crippen LogP contribution in [0, 0.1) is 5.41 Å². The zero-order chi connectivity index (χ0) is 13.9. The first-order valence-corrected chi connectivity index (χ1v) is 7.84. The minimum absolute atomic E-state index is 0.101. The second-order valence-electron chi connectivity index (χ2n) is 5.25. The van der Waals surface area contributed by atoms with E-state index in [1.807, 2.05) is 44.2 Å². The van der Waals surface area contributed by atoms with Gasteiger partial charge in [0.25, 0.3) is 0 Å². The van der Waals surface area contributed by atoms with Gasteiger partial charge in [0.2, 0.25) is 6.41 Å². The molecule has 1 N–H and O–H groups in total. The molecule has 1 saturated heterocycles. The Hall–Kier alpha value is -1.16. The molecular weight excluding hydrogens is 265 g/mol. The van der Waals surface area contributed by atoms with Crippen LogP contribution < -0.4 is 5.32 Å². The molecular formula is C13H18NO4P. The highest BCUT2D eigenvalue weighted by Gasteiger charge is 2.44. The Labute approximate surface area is 112 Å². The average molecular weight is 283 g/mol. The fourth-order valence-electron chi connectivity index (χ4n) is 2.05. The van der Waals surface area contributed by atoms with Crippen molar-refractivity contribution in [3.63, 3.8) is 0 Å². The Balaban J connectivity index is 2.23. The predicted molar refractivity (Wildman–Crippen MR) is 71.7 cm³/mol. The zero-order valence-electron chi connectivity index (χ0n) is 11.0. The zero-order valence-corrected chi connectivity index (χ0v) is 11.9. The number of amides is 1. The standard InChI is InChI=1S/C13H18NO4P/c1-13(2)8-17-19(16,10-14-9-15)18-12(13)11-6-4-3-5-7-11/h3-7,9,12H,8,10H2,1-2H3,(H,14,15)/t12-,19-/m0/s1. The van der Waals surface area contributed by atoms with E-state index in [-0.39, 0.29) is 17.8 Å². The van der Waals surface area contributed by atoms with E-state index in [1.165, 1.54) is 0 Å². The topological polar surface area (TPSA) is 64.6 Å². The summed E-state index contributed by atoms with van der Waals surface area (Å²) in [4.78, 5) is 10.3. The molecule has 2 rings (SSSR count). The molecule has 0 bridgehead atoms. The Morgan fingerprint density at radius 3 is 2.74 bits per heavy atom. The molecule has 1 amide bonds. The molecule has 0 aliphatic carbocycles. The molecule has 0 radical (unpaired) electrons. The lowest BCUT2D eigenvalue weighted by molar-refractivity contribution is -0.109. The van der Waals surface area contributed by atoms with E-state index in [2.05, 4.69) is 5.32 Å². The van der Waals surface area contributed by atoms with Gasteiger partial charge in [0, 0.05) is 5.41 Å². The van der Waals surface area contributed by atoms with Crippen molar-refractivity contribution in [1.82, 2.24) is 5.32 Å². The van der Waals surface area contributed by atoms with Crippen LogP contribution in [0.4, 0.5) is 0 Å². The lowest BCUT2D eigenvalue weighted by Gasteiger charge is -2.41. The highest BCUT2D eigenvalue weighted by molar-refractivity contribution is 7.53. The highest BCUT2D eigenvalue weighted by atomic mass is 31.2. The van der Waals surface area contributed by atoms with Gasteiger partial charge in [-0.1, -0.05) is 44.2 Å². The normalized spacial score (nSPS) is 29.7. The predicted octanol–water partition coefficient (Wildman–Crippen LogP) is 2.70. The third kappa shape index (κ3) is 3.24. The molecule has 0 aromatic heterocycles. The monoisotopic (exact) mass is 283 g/mol. The smallest absolute Gasteiger partial charge is 0.347 e. The van der Waals surface area contributed by atoms with E-state index in [1.54, 1.807) is 0 Å². The summed E-state index contributed by atoms with van der Waals surface area (Å²) < 4.78 is 23.4. The molecule has 1 heterocycles. The number of hydrogen-bond donors (Lipinski definition) is 1. The number of hydrogen-bond acceptors (Lipinski definition) is 4. The quantitative estimate of drug-likeness (QED) is 0.681. The van der Waals surface area contributed by atoms with Crippen molar-refractivity contribution in [2.24, 2.45) is 5.41 Å². The maximum atomic E-state index is 12.4. The average Bonchev–Trinajstić information content (AvgIpc) is 2.41. The van der Waals surface area contributed by atoms with Crippen molar-refractivity contribution in [3.8, 4) is 0 Å². The second kappa shape index (κ2) is 5.45. The minimum atomic E-state index is -3.27. The van der Waals surface area contributed by atoms with Crippen LogP contribution in [0.3, 0.4) is 0 Å². The molecule has 0 unspecified atom stereocenters. The van der Waals surface area contributed by atoms with E-state index in [9.17, 15) is 9.36 Å². The lowest BCUT2D eigenvalue weighted by atomic mass is 9.83. The summed E-state index contributed by atoms with van der Waals surface area (Å²) in [6.07, 6.45) is 0.0706. The fraction of sp³-hybridized carbons (Fsp3) is 0.462. The Bertz CT molecular complexity index is 489. The van der Waals surface area contributed by atoms with Crippen molar-refractivity contribution < 1.29 is 18.4 Å². The van der Waals surface area contributed by atoms with Gasteiger partial charge >= 0.3 is 7.60 Å². The summed E-state index contributed by atoms with van der Waals surface area (Å²) in [7, 11) is -3.27. The first-order valence-electron chi connectivity index (χ1n) is 6.11. The van der Waals surface area contributed by atoms with E-state index in [4.69, 9.17) is 9.05 Å². The van der Waals surface area contributed by atoms with Crippen LogP contribution in [-0.4, -0.2) is 19.3 Å². The van der Waals surface area contributed by atoms with E-state index in [0.717, 1.165) is 5.56 Å². The third-order valence-corrected chi connectivity index (χ3v) is 4.70. The molecule has 6 heteroatoms. The molecule has 1 aliphatic rings. The Morgan fingerprint density at radius 1 is 1.42 bits per heavy atom. The highest BCUT2D eigenvalue weighted by Crippen LogP contribution is 2.59. The molecule has 1 fully saturated rings. The number of rotatable bonds is 4. The summed E-state index contributed by atoms with van der Waals surface area (Å²) in [6, 6.07) is 9.63. The lowest BCUT2D eigenvalue weighted by Crippen LogP contribution is -2.35. The van der Waals surface area contributed by atoms with Crippen LogP contribution in [0.25, 0.3) is 0 Å². The molecule has 1 aliphatic heterocycles. The minimum Gasteiger partial charge on any atom is -0.347 e. The summed E-state index contributed by atoms with van der Waals surface area (Å²) in [5.41, 5.74) is 0.679. The van der Waals surface area contributed by atoms with Crippen LogP contribution >= 0.6 is 7.60 Å². The molecule has 0 spiro atoms. The van der Waals surface area contributed by atoms with E-state index >= 15 is 0 Å². The molecule has 1 aromatic carbocycles. The first-order chi connectivity index (χ1) is 8.97. The van der Waals surface area contributed by atoms with Gasteiger partial charge in [-0.25, -0.2) is 0 Å². The maximum Gasteiger partial charge on any atom is 0.350 e. The van der Waals surface area contributed by atoms with Gasteiger partial charge in [-0.2, -0.15) is 0 Å². The van der Waals surface area contributed by atoms with E-state index < -0.39 is 7.60 Å². The summed E-state index contributed by atoms with van der Waals surface area (Å²) in [6.45, 7) is 4.33. The molecule has 2 atom stereocenters. The largest absolute Gasteiger partial charge is 0.350 e. The molecule has 1 aromatic rings. The SMILES string of the molecule is CC1(C)CO[P@@](=O)(CNC=O)O[C@H]1c1ccccc1. The number of nitrogens with one attached hydrogen (secondary N) is 1. The number of benzene rings is 1. The van der Waals surface area contributed by atoms with Crippen molar-refractivity contribution in [2.45, 2.75) is 20.0 Å². The fourth-order valence-corrected chi connectivity index (χ4v) is 3.83. The van der Waals surface area contributed by atoms with Crippen LogP contribution in [-0.2, 0) is 18.4 Å². The second-order valence-corrected chi connectivity index (χ2v) is 7.26. The third-order valence-electron chi connectivity index (χ3n) is 3.08. The van der Waals surface area contributed by atoms with Gasteiger partial charge in [0.15, 0.2) is 0 Å². The Kier molecular flexibility index (Phi) is 4.09. The summed E-state index contributed by atoms with van der Waals surface area (Å²) in [5.74, 6) is 0.